The summed E-state index contributed by atoms with van der Waals surface area (Å²) in [5.74, 6) is 0. The van der Waals surface area contributed by atoms with Gasteiger partial charge in [0.2, 0.25) is 0 Å². The Morgan fingerprint density at radius 3 is 1.75 bits per heavy atom. The van der Waals surface area contributed by atoms with E-state index in [0.717, 1.165) is 6.42 Å². The molecular formula is C18H21AsO. The summed E-state index contributed by atoms with van der Waals surface area (Å²) in [5, 5.41) is 10.5. The van der Waals surface area contributed by atoms with Crippen molar-refractivity contribution in [1.82, 2.24) is 0 Å². The average Bonchev–Trinajstić information content (AvgIpc) is 2.52. The molecule has 0 aromatic heterocycles. The van der Waals surface area contributed by atoms with Crippen molar-refractivity contribution >= 4 is 23.4 Å². The second-order valence-electron chi connectivity index (χ2n) is 5.46. The number of aliphatic hydroxyl groups is 1. The molecule has 2 aromatic carbocycles. The van der Waals surface area contributed by atoms with Crippen LogP contribution in [0.25, 0.3) is 0 Å². The topological polar surface area (TPSA) is 20.2 Å². The Labute approximate surface area is 125 Å². The summed E-state index contributed by atoms with van der Waals surface area (Å²) in [4.78, 5) is 0. The summed E-state index contributed by atoms with van der Waals surface area (Å²) < 4.78 is 3.43. The quantitative estimate of drug-likeness (QED) is 0.859. The molecular weight excluding hydrogens is 307 g/mol. The van der Waals surface area contributed by atoms with E-state index in [2.05, 4.69) is 60.7 Å². The normalized spacial score (nSPS) is 22.9. The van der Waals surface area contributed by atoms with Gasteiger partial charge in [0.1, 0.15) is 0 Å². The van der Waals surface area contributed by atoms with Crippen LogP contribution in [0.5, 0.6) is 0 Å². The fourth-order valence-electron chi connectivity index (χ4n) is 3.10. The van der Waals surface area contributed by atoms with E-state index in [9.17, 15) is 5.11 Å². The molecule has 0 spiro atoms. The number of hydrogen-bond acceptors (Lipinski definition) is 1. The van der Waals surface area contributed by atoms with Crippen molar-refractivity contribution in [3.63, 3.8) is 0 Å². The van der Waals surface area contributed by atoms with Crippen molar-refractivity contribution in [1.29, 1.82) is 0 Å². The molecule has 0 amide bonds. The Balaban J connectivity index is 1.99. The fraction of sp³-hybridized carbons (Fsp3) is 0.333. The predicted molar refractivity (Wildman–Crippen MR) is 86.1 cm³/mol. The zero-order valence-corrected chi connectivity index (χ0v) is 13.5. The van der Waals surface area contributed by atoms with Crippen molar-refractivity contribution in [2.75, 3.05) is 0 Å². The molecule has 104 valence electrons. The van der Waals surface area contributed by atoms with Crippen molar-refractivity contribution in [3.05, 3.63) is 60.7 Å². The number of aliphatic hydroxyl groups excluding tert-OH is 1. The van der Waals surface area contributed by atoms with Crippen LogP contribution < -0.4 is 8.70 Å². The molecule has 1 fully saturated rings. The van der Waals surface area contributed by atoms with Gasteiger partial charge in [-0.25, -0.2) is 0 Å². The van der Waals surface area contributed by atoms with Gasteiger partial charge in [-0.2, -0.15) is 0 Å². The third-order valence-electron chi connectivity index (χ3n) is 4.09. The molecule has 0 aliphatic heterocycles. The van der Waals surface area contributed by atoms with Crippen LogP contribution in [-0.2, 0) is 0 Å². The predicted octanol–water partition coefficient (Wildman–Crippen LogP) is 2.60. The Bertz CT molecular complexity index is 486. The van der Waals surface area contributed by atoms with Crippen LogP contribution in [0.15, 0.2) is 60.7 Å². The standard InChI is InChI=1S/C18H21AsO/c20-18-14-8-7-13-17(18)19(15-9-3-1-4-10-15)16-11-5-2-6-12-16/h1-6,9-12,17-18,20H,7-8,13-14H2. The van der Waals surface area contributed by atoms with Crippen LogP contribution in [0.2, 0.25) is 4.71 Å². The molecule has 1 saturated carbocycles. The second kappa shape index (κ2) is 6.61. The zero-order valence-electron chi connectivity index (χ0n) is 11.7. The van der Waals surface area contributed by atoms with Gasteiger partial charge in [-0.05, 0) is 0 Å². The maximum absolute atomic E-state index is 10.5. The van der Waals surface area contributed by atoms with Crippen LogP contribution in [0.3, 0.4) is 0 Å². The first-order chi connectivity index (χ1) is 9.86. The summed E-state index contributed by atoms with van der Waals surface area (Å²) in [6, 6.07) is 21.7. The summed E-state index contributed by atoms with van der Waals surface area (Å²) in [7, 11) is 0. The number of rotatable bonds is 3. The number of hydrogen-bond donors (Lipinski definition) is 1. The summed E-state index contributed by atoms with van der Waals surface area (Å²) >= 11 is -1.42. The first-order valence-corrected chi connectivity index (χ1v) is 10.4. The van der Waals surface area contributed by atoms with Crippen molar-refractivity contribution in [2.45, 2.75) is 36.5 Å². The van der Waals surface area contributed by atoms with E-state index >= 15 is 0 Å². The summed E-state index contributed by atoms with van der Waals surface area (Å²) in [5.41, 5.74) is 0. The van der Waals surface area contributed by atoms with E-state index in [0.29, 0.717) is 4.71 Å². The van der Waals surface area contributed by atoms with Gasteiger partial charge in [-0.15, -0.1) is 0 Å². The van der Waals surface area contributed by atoms with E-state index in [1.54, 1.807) is 0 Å². The van der Waals surface area contributed by atoms with Crippen LogP contribution >= 0.6 is 0 Å². The molecule has 2 heteroatoms. The van der Waals surface area contributed by atoms with Gasteiger partial charge < -0.3 is 0 Å². The Morgan fingerprint density at radius 2 is 1.25 bits per heavy atom. The third-order valence-corrected chi connectivity index (χ3v) is 10.3. The zero-order chi connectivity index (χ0) is 13.8. The van der Waals surface area contributed by atoms with E-state index in [1.165, 1.54) is 28.0 Å². The molecule has 0 heterocycles. The third kappa shape index (κ3) is 3.00. The van der Waals surface area contributed by atoms with Crippen molar-refractivity contribution in [3.8, 4) is 0 Å². The molecule has 0 radical (unpaired) electrons. The van der Waals surface area contributed by atoms with Gasteiger partial charge in [-0.3, -0.25) is 0 Å². The molecule has 0 bridgehead atoms. The molecule has 1 nitrogen and oxygen atoms in total. The molecule has 3 rings (SSSR count). The Morgan fingerprint density at radius 1 is 0.750 bits per heavy atom. The summed E-state index contributed by atoms with van der Waals surface area (Å²) in [6.07, 6.45) is 4.51. The minimum atomic E-state index is -1.42. The van der Waals surface area contributed by atoms with Gasteiger partial charge >= 0.3 is 126 Å². The molecule has 1 aliphatic carbocycles. The van der Waals surface area contributed by atoms with E-state index in [1.807, 2.05) is 0 Å². The van der Waals surface area contributed by atoms with Crippen LogP contribution in [0.4, 0.5) is 0 Å². The maximum atomic E-state index is 10.5. The van der Waals surface area contributed by atoms with Crippen molar-refractivity contribution < 1.29 is 5.11 Å². The van der Waals surface area contributed by atoms with E-state index in [4.69, 9.17) is 0 Å². The van der Waals surface area contributed by atoms with Gasteiger partial charge in [0.25, 0.3) is 0 Å². The molecule has 2 atom stereocenters. The second-order valence-corrected chi connectivity index (χ2v) is 10.6. The van der Waals surface area contributed by atoms with Crippen molar-refractivity contribution in [2.24, 2.45) is 0 Å². The van der Waals surface area contributed by atoms with Crippen LogP contribution in [0.1, 0.15) is 25.7 Å². The molecule has 20 heavy (non-hydrogen) atoms. The Kier molecular flexibility index (Phi) is 4.60. The van der Waals surface area contributed by atoms with Crippen LogP contribution in [0, 0.1) is 0 Å². The van der Waals surface area contributed by atoms with E-state index in [-0.39, 0.29) is 6.10 Å². The fourth-order valence-corrected chi connectivity index (χ4v) is 9.36. The molecule has 1 N–H and O–H groups in total. The van der Waals surface area contributed by atoms with Gasteiger partial charge in [0.15, 0.2) is 0 Å². The van der Waals surface area contributed by atoms with Gasteiger partial charge in [0, 0.05) is 0 Å². The number of benzene rings is 2. The first kappa shape index (κ1) is 13.9. The van der Waals surface area contributed by atoms with Gasteiger partial charge in [-0.1, -0.05) is 0 Å². The monoisotopic (exact) mass is 328 g/mol. The summed E-state index contributed by atoms with van der Waals surface area (Å²) in [6.45, 7) is 0. The SMILES string of the molecule is OC1CCCCC1[As](c1ccccc1)c1ccccc1. The molecule has 1 aliphatic rings. The Hall–Kier alpha value is -1.04. The van der Waals surface area contributed by atoms with Gasteiger partial charge in [0.05, 0.1) is 0 Å². The molecule has 0 saturated heterocycles. The van der Waals surface area contributed by atoms with Crippen LogP contribution in [-0.4, -0.2) is 25.9 Å². The first-order valence-electron chi connectivity index (χ1n) is 7.43. The molecule has 2 aromatic rings. The molecule has 2 unspecified atom stereocenters. The van der Waals surface area contributed by atoms with E-state index < -0.39 is 14.7 Å². The minimum absolute atomic E-state index is 0.107. The average molecular weight is 328 g/mol.